The molecule has 1 saturated carbocycles. The second-order valence-electron chi connectivity index (χ2n) is 5.85. The molecule has 1 aliphatic rings. The molecule has 1 aromatic carbocycles. The molecule has 0 spiro atoms. The van der Waals surface area contributed by atoms with Gasteiger partial charge in [0.25, 0.3) is 0 Å². The standard InChI is InChI=1S/C16H25N/c1-4-5-14-9-16(10-14,11-17)15-7-6-12(2)13(3)8-15/h6-8,14H,4-5,9-11,17H2,1-3H3. The molecule has 1 aromatic rings. The summed E-state index contributed by atoms with van der Waals surface area (Å²) in [7, 11) is 0. The van der Waals surface area contributed by atoms with Crippen LogP contribution >= 0.6 is 0 Å². The highest BCUT2D eigenvalue weighted by molar-refractivity contribution is 5.36. The molecule has 0 heterocycles. The lowest BCUT2D eigenvalue weighted by atomic mass is 9.57. The summed E-state index contributed by atoms with van der Waals surface area (Å²) in [6.45, 7) is 7.45. The first-order valence-electron chi connectivity index (χ1n) is 6.89. The lowest BCUT2D eigenvalue weighted by molar-refractivity contribution is 0.139. The third-order valence-corrected chi connectivity index (χ3v) is 4.57. The van der Waals surface area contributed by atoms with Crippen molar-refractivity contribution in [3.05, 3.63) is 34.9 Å². The first-order chi connectivity index (χ1) is 8.11. The highest BCUT2D eigenvalue weighted by Gasteiger charge is 2.43. The van der Waals surface area contributed by atoms with Crippen LogP contribution in [0, 0.1) is 19.8 Å². The van der Waals surface area contributed by atoms with Gasteiger partial charge in [-0.3, -0.25) is 0 Å². The fraction of sp³-hybridized carbons (Fsp3) is 0.625. The topological polar surface area (TPSA) is 26.0 Å². The van der Waals surface area contributed by atoms with E-state index in [0.29, 0.717) is 0 Å². The molecule has 0 amide bonds. The first kappa shape index (κ1) is 12.6. The zero-order chi connectivity index (χ0) is 12.5. The van der Waals surface area contributed by atoms with Gasteiger partial charge in [-0.25, -0.2) is 0 Å². The van der Waals surface area contributed by atoms with Crippen molar-refractivity contribution >= 4 is 0 Å². The molecular weight excluding hydrogens is 206 g/mol. The Morgan fingerprint density at radius 3 is 2.47 bits per heavy atom. The Morgan fingerprint density at radius 2 is 1.94 bits per heavy atom. The molecule has 0 aromatic heterocycles. The third kappa shape index (κ3) is 2.26. The smallest absolute Gasteiger partial charge is 0.00809 e. The summed E-state index contributed by atoms with van der Waals surface area (Å²) in [4.78, 5) is 0. The van der Waals surface area contributed by atoms with Crippen molar-refractivity contribution in [2.45, 2.75) is 51.9 Å². The minimum Gasteiger partial charge on any atom is -0.330 e. The van der Waals surface area contributed by atoms with Gasteiger partial charge < -0.3 is 5.73 Å². The summed E-state index contributed by atoms with van der Waals surface area (Å²) >= 11 is 0. The average molecular weight is 231 g/mol. The summed E-state index contributed by atoms with van der Waals surface area (Å²) in [5.41, 5.74) is 10.6. The monoisotopic (exact) mass is 231 g/mol. The molecule has 1 heteroatoms. The van der Waals surface area contributed by atoms with E-state index in [4.69, 9.17) is 5.73 Å². The van der Waals surface area contributed by atoms with Gasteiger partial charge in [-0.05, 0) is 49.3 Å². The molecule has 0 atom stereocenters. The fourth-order valence-corrected chi connectivity index (χ4v) is 3.25. The lowest BCUT2D eigenvalue weighted by Crippen LogP contribution is -2.47. The second kappa shape index (κ2) is 4.81. The van der Waals surface area contributed by atoms with Crippen LogP contribution in [0.1, 0.15) is 49.3 Å². The van der Waals surface area contributed by atoms with Gasteiger partial charge in [0.15, 0.2) is 0 Å². The molecule has 17 heavy (non-hydrogen) atoms. The van der Waals surface area contributed by atoms with Gasteiger partial charge in [0.1, 0.15) is 0 Å². The molecule has 1 fully saturated rings. The molecule has 0 aliphatic heterocycles. The van der Waals surface area contributed by atoms with Crippen LogP contribution < -0.4 is 5.73 Å². The van der Waals surface area contributed by atoms with Crippen molar-refractivity contribution in [3.63, 3.8) is 0 Å². The van der Waals surface area contributed by atoms with Crippen LogP contribution in [0.25, 0.3) is 0 Å². The van der Waals surface area contributed by atoms with E-state index >= 15 is 0 Å². The summed E-state index contributed by atoms with van der Waals surface area (Å²) < 4.78 is 0. The van der Waals surface area contributed by atoms with Crippen molar-refractivity contribution in [1.29, 1.82) is 0 Å². The Balaban J connectivity index is 2.17. The summed E-state index contributed by atoms with van der Waals surface area (Å²) in [6.07, 6.45) is 5.25. The van der Waals surface area contributed by atoms with Crippen molar-refractivity contribution in [1.82, 2.24) is 0 Å². The molecule has 0 radical (unpaired) electrons. The van der Waals surface area contributed by atoms with E-state index in [0.717, 1.165) is 12.5 Å². The number of nitrogens with two attached hydrogens (primary N) is 1. The predicted octanol–water partition coefficient (Wildman–Crippen LogP) is 3.71. The van der Waals surface area contributed by atoms with Crippen LogP contribution in [0.2, 0.25) is 0 Å². The lowest BCUT2D eigenvalue weighted by Gasteiger charge is -2.48. The Morgan fingerprint density at radius 1 is 1.24 bits per heavy atom. The van der Waals surface area contributed by atoms with Crippen LogP contribution in [0.3, 0.4) is 0 Å². The van der Waals surface area contributed by atoms with E-state index in [2.05, 4.69) is 39.0 Å². The van der Waals surface area contributed by atoms with E-state index in [-0.39, 0.29) is 5.41 Å². The van der Waals surface area contributed by atoms with E-state index in [1.807, 2.05) is 0 Å². The summed E-state index contributed by atoms with van der Waals surface area (Å²) in [5, 5.41) is 0. The van der Waals surface area contributed by atoms with Crippen LogP contribution in [-0.2, 0) is 5.41 Å². The zero-order valence-electron chi connectivity index (χ0n) is 11.4. The van der Waals surface area contributed by atoms with Crippen LogP contribution in [0.4, 0.5) is 0 Å². The van der Waals surface area contributed by atoms with Gasteiger partial charge in [-0.1, -0.05) is 38.0 Å². The largest absolute Gasteiger partial charge is 0.330 e. The van der Waals surface area contributed by atoms with Crippen molar-refractivity contribution in [2.75, 3.05) is 6.54 Å². The number of hydrogen-bond acceptors (Lipinski definition) is 1. The van der Waals surface area contributed by atoms with E-state index < -0.39 is 0 Å². The van der Waals surface area contributed by atoms with E-state index in [1.165, 1.54) is 42.4 Å². The molecule has 0 bridgehead atoms. The normalized spacial score (nSPS) is 27.9. The quantitative estimate of drug-likeness (QED) is 0.840. The molecule has 1 aliphatic carbocycles. The molecule has 1 nitrogen and oxygen atoms in total. The van der Waals surface area contributed by atoms with Gasteiger partial charge in [0, 0.05) is 12.0 Å². The van der Waals surface area contributed by atoms with Crippen molar-refractivity contribution in [3.8, 4) is 0 Å². The Kier molecular flexibility index (Phi) is 3.58. The number of hydrogen-bond donors (Lipinski definition) is 1. The summed E-state index contributed by atoms with van der Waals surface area (Å²) in [6, 6.07) is 6.89. The number of aryl methyl sites for hydroxylation is 2. The maximum Gasteiger partial charge on any atom is 0.00809 e. The van der Waals surface area contributed by atoms with Gasteiger partial charge >= 0.3 is 0 Å². The van der Waals surface area contributed by atoms with Gasteiger partial charge in [0.05, 0.1) is 0 Å². The summed E-state index contributed by atoms with van der Waals surface area (Å²) in [5.74, 6) is 0.908. The van der Waals surface area contributed by atoms with Crippen LogP contribution in [0.5, 0.6) is 0 Å². The Hall–Kier alpha value is -0.820. The van der Waals surface area contributed by atoms with E-state index in [9.17, 15) is 0 Å². The highest BCUT2D eigenvalue weighted by Crippen LogP contribution is 2.49. The average Bonchev–Trinajstić information content (AvgIpc) is 2.27. The zero-order valence-corrected chi connectivity index (χ0v) is 11.4. The molecule has 2 N–H and O–H groups in total. The first-order valence-corrected chi connectivity index (χ1v) is 6.89. The fourth-order valence-electron chi connectivity index (χ4n) is 3.25. The minimum absolute atomic E-state index is 0.290. The van der Waals surface area contributed by atoms with E-state index in [1.54, 1.807) is 0 Å². The van der Waals surface area contributed by atoms with Gasteiger partial charge in [-0.2, -0.15) is 0 Å². The SMILES string of the molecule is CCCC1CC(CN)(c2ccc(C)c(C)c2)C1. The molecule has 0 saturated heterocycles. The molecule has 2 rings (SSSR count). The maximum absolute atomic E-state index is 6.05. The van der Waals surface area contributed by atoms with Crippen LogP contribution in [0.15, 0.2) is 18.2 Å². The second-order valence-corrected chi connectivity index (χ2v) is 5.85. The number of benzene rings is 1. The molecular formula is C16H25N. The van der Waals surface area contributed by atoms with Gasteiger partial charge in [0.2, 0.25) is 0 Å². The molecule has 94 valence electrons. The third-order valence-electron chi connectivity index (χ3n) is 4.57. The van der Waals surface area contributed by atoms with Gasteiger partial charge in [-0.15, -0.1) is 0 Å². The Bertz CT molecular complexity index is 389. The van der Waals surface area contributed by atoms with Crippen LogP contribution in [-0.4, -0.2) is 6.54 Å². The predicted molar refractivity (Wildman–Crippen MR) is 74.3 cm³/mol. The Labute approximate surface area is 105 Å². The van der Waals surface area contributed by atoms with Crippen molar-refractivity contribution in [2.24, 2.45) is 11.7 Å². The molecule has 0 unspecified atom stereocenters. The van der Waals surface area contributed by atoms with Crippen molar-refractivity contribution < 1.29 is 0 Å². The maximum atomic E-state index is 6.05. The number of rotatable bonds is 4. The highest BCUT2D eigenvalue weighted by atomic mass is 14.6. The minimum atomic E-state index is 0.290.